The van der Waals surface area contributed by atoms with Gasteiger partial charge in [-0.05, 0) is 56.0 Å². The maximum atomic E-state index is 9.19. The van der Waals surface area contributed by atoms with Gasteiger partial charge in [0.2, 0.25) is 0 Å². The Morgan fingerprint density at radius 3 is 2.56 bits per heavy atom. The summed E-state index contributed by atoms with van der Waals surface area (Å²) in [6, 6.07) is 7.77. The summed E-state index contributed by atoms with van der Waals surface area (Å²) in [6.45, 7) is 3.21. The molecular weight excluding hydrogens is 218 g/mol. The maximum absolute atomic E-state index is 9.19. The van der Waals surface area contributed by atoms with Crippen molar-refractivity contribution in [2.24, 2.45) is 0 Å². The summed E-state index contributed by atoms with van der Waals surface area (Å²) in [5, 5.41) is 12.7. The molecule has 90 valence electrons. The molecule has 0 aromatic heterocycles. The Hall–Kier alpha value is -0.670. The molecule has 1 aromatic carbocycles. The summed E-state index contributed by atoms with van der Waals surface area (Å²) in [5.41, 5.74) is 1.22. The molecule has 3 heteroatoms. The van der Waals surface area contributed by atoms with Gasteiger partial charge in [-0.25, -0.2) is 0 Å². The molecule has 0 saturated carbocycles. The summed E-state index contributed by atoms with van der Waals surface area (Å²) in [4.78, 5) is 0. The third-order valence-electron chi connectivity index (χ3n) is 2.62. The highest BCUT2D eigenvalue weighted by Gasteiger charge is 2.03. The van der Waals surface area contributed by atoms with Crippen LogP contribution >= 0.6 is 11.8 Å². The van der Waals surface area contributed by atoms with Crippen molar-refractivity contribution in [3.05, 3.63) is 29.8 Å². The molecule has 2 N–H and O–H groups in total. The highest BCUT2D eigenvalue weighted by molar-refractivity contribution is 7.98. The number of rotatable bonds is 7. The van der Waals surface area contributed by atoms with Crippen molar-refractivity contribution in [1.29, 1.82) is 0 Å². The van der Waals surface area contributed by atoms with Crippen LogP contribution in [0.1, 0.15) is 31.4 Å². The molecule has 0 aliphatic carbocycles. The Balaban J connectivity index is 2.24. The molecule has 0 heterocycles. The highest BCUT2D eigenvalue weighted by atomic mass is 32.2. The fourth-order valence-electron chi connectivity index (χ4n) is 1.57. The van der Waals surface area contributed by atoms with Crippen molar-refractivity contribution in [2.45, 2.75) is 25.8 Å². The molecule has 0 spiro atoms. The Kier molecular flexibility index (Phi) is 6.34. The Morgan fingerprint density at radius 2 is 1.94 bits per heavy atom. The predicted molar refractivity (Wildman–Crippen MR) is 72.1 cm³/mol. The molecule has 0 fully saturated rings. The van der Waals surface area contributed by atoms with Gasteiger partial charge in [0.25, 0.3) is 0 Å². The summed E-state index contributed by atoms with van der Waals surface area (Å²) < 4.78 is 0. The lowest BCUT2D eigenvalue weighted by Crippen LogP contribution is -2.19. The molecule has 1 rings (SSSR count). The van der Waals surface area contributed by atoms with E-state index in [-0.39, 0.29) is 0 Å². The minimum Gasteiger partial charge on any atom is -0.508 e. The number of hydrogen-bond acceptors (Lipinski definition) is 3. The number of unbranched alkanes of at least 4 members (excludes halogenated alkanes) is 1. The minimum absolute atomic E-state index is 0.330. The van der Waals surface area contributed by atoms with Crippen LogP contribution < -0.4 is 5.32 Å². The maximum Gasteiger partial charge on any atom is 0.115 e. The fourth-order valence-corrected chi connectivity index (χ4v) is 2.06. The van der Waals surface area contributed by atoms with E-state index in [0.29, 0.717) is 11.8 Å². The van der Waals surface area contributed by atoms with Crippen LogP contribution in [-0.4, -0.2) is 23.7 Å². The first-order chi connectivity index (χ1) is 7.74. The third-order valence-corrected chi connectivity index (χ3v) is 3.32. The van der Waals surface area contributed by atoms with E-state index in [9.17, 15) is 5.11 Å². The number of nitrogens with one attached hydrogen (secondary N) is 1. The van der Waals surface area contributed by atoms with Gasteiger partial charge in [-0.15, -0.1) is 0 Å². The van der Waals surface area contributed by atoms with E-state index in [1.165, 1.54) is 24.2 Å². The van der Waals surface area contributed by atoms with Crippen molar-refractivity contribution in [1.82, 2.24) is 5.32 Å². The van der Waals surface area contributed by atoms with E-state index in [1.807, 2.05) is 23.9 Å². The molecule has 0 amide bonds. The van der Waals surface area contributed by atoms with E-state index < -0.39 is 0 Å². The van der Waals surface area contributed by atoms with Gasteiger partial charge in [-0.3, -0.25) is 0 Å². The molecule has 0 radical (unpaired) electrons. The van der Waals surface area contributed by atoms with E-state index in [1.54, 1.807) is 12.1 Å². The summed E-state index contributed by atoms with van der Waals surface area (Å²) >= 11 is 1.90. The molecule has 16 heavy (non-hydrogen) atoms. The van der Waals surface area contributed by atoms with Crippen LogP contribution in [0.4, 0.5) is 0 Å². The lowest BCUT2D eigenvalue weighted by molar-refractivity contribution is 0.474. The van der Waals surface area contributed by atoms with Crippen LogP contribution in [0.2, 0.25) is 0 Å². The number of hydrogen-bond donors (Lipinski definition) is 2. The molecule has 0 bridgehead atoms. The van der Waals surface area contributed by atoms with Crippen LogP contribution in [0.5, 0.6) is 5.75 Å². The van der Waals surface area contributed by atoms with Crippen LogP contribution in [0.15, 0.2) is 24.3 Å². The average Bonchev–Trinajstić information content (AvgIpc) is 2.29. The molecular formula is C13H21NOS. The predicted octanol–water partition coefficient (Wildman–Crippen LogP) is 3.19. The number of thioether (sulfide) groups is 1. The van der Waals surface area contributed by atoms with Crippen molar-refractivity contribution < 1.29 is 5.11 Å². The largest absolute Gasteiger partial charge is 0.508 e. The van der Waals surface area contributed by atoms with Gasteiger partial charge in [0.1, 0.15) is 5.75 Å². The standard InChI is InChI=1S/C13H21NOS/c1-11(14-9-3-4-10-16-2)12-5-7-13(15)8-6-12/h5-8,11,14-15H,3-4,9-10H2,1-2H3. The third kappa shape index (κ3) is 4.90. The summed E-state index contributed by atoms with van der Waals surface area (Å²) in [5.74, 6) is 1.57. The van der Waals surface area contributed by atoms with E-state index in [4.69, 9.17) is 0 Å². The van der Waals surface area contributed by atoms with Crippen LogP contribution in [0, 0.1) is 0 Å². The van der Waals surface area contributed by atoms with Crippen molar-refractivity contribution in [2.75, 3.05) is 18.6 Å². The SMILES string of the molecule is CSCCCCNC(C)c1ccc(O)cc1. The summed E-state index contributed by atoms with van der Waals surface area (Å²) in [7, 11) is 0. The van der Waals surface area contributed by atoms with E-state index in [2.05, 4.69) is 18.5 Å². The monoisotopic (exact) mass is 239 g/mol. The number of phenolic OH excluding ortho intramolecular Hbond substituents is 1. The second-order valence-corrected chi connectivity index (χ2v) is 4.95. The normalized spacial score (nSPS) is 12.6. The lowest BCUT2D eigenvalue weighted by Gasteiger charge is -2.14. The average molecular weight is 239 g/mol. The molecule has 0 aliphatic rings. The van der Waals surface area contributed by atoms with Crippen LogP contribution in [-0.2, 0) is 0 Å². The van der Waals surface area contributed by atoms with Gasteiger partial charge in [0.05, 0.1) is 0 Å². The first-order valence-corrected chi connectivity index (χ1v) is 7.14. The number of aromatic hydroxyl groups is 1. The zero-order chi connectivity index (χ0) is 11.8. The Morgan fingerprint density at radius 1 is 1.25 bits per heavy atom. The van der Waals surface area contributed by atoms with Gasteiger partial charge in [-0.1, -0.05) is 12.1 Å². The Labute approximate surface area is 102 Å². The van der Waals surface area contributed by atoms with Crippen molar-refractivity contribution in [3.8, 4) is 5.75 Å². The highest BCUT2D eigenvalue weighted by Crippen LogP contribution is 2.16. The quantitative estimate of drug-likeness (QED) is 0.717. The van der Waals surface area contributed by atoms with Crippen LogP contribution in [0.25, 0.3) is 0 Å². The lowest BCUT2D eigenvalue weighted by atomic mass is 10.1. The Bertz CT molecular complexity index is 286. The molecule has 1 aromatic rings. The molecule has 0 aliphatic heterocycles. The number of phenols is 1. The zero-order valence-electron chi connectivity index (χ0n) is 10.1. The zero-order valence-corrected chi connectivity index (χ0v) is 10.9. The smallest absolute Gasteiger partial charge is 0.115 e. The molecule has 1 unspecified atom stereocenters. The molecule has 2 nitrogen and oxygen atoms in total. The molecule has 1 atom stereocenters. The molecule has 0 saturated heterocycles. The van der Waals surface area contributed by atoms with Gasteiger partial charge < -0.3 is 10.4 Å². The fraction of sp³-hybridized carbons (Fsp3) is 0.538. The topological polar surface area (TPSA) is 32.3 Å². The second kappa shape index (κ2) is 7.58. The minimum atomic E-state index is 0.330. The first kappa shape index (κ1) is 13.4. The van der Waals surface area contributed by atoms with Crippen molar-refractivity contribution in [3.63, 3.8) is 0 Å². The number of benzene rings is 1. The van der Waals surface area contributed by atoms with E-state index >= 15 is 0 Å². The van der Waals surface area contributed by atoms with Gasteiger partial charge in [-0.2, -0.15) is 11.8 Å². The van der Waals surface area contributed by atoms with Gasteiger partial charge >= 0.3 is 0 Å². The second-order valence-electron chi connectivity index (χ2n) is 3.97. The van der Waals surface area contributed by atoms with Crippen molar-refractivity contribution >= 4 is 11.8 Å². The van der Waals surface area contributed by atoms with E-state index in [0.717, 1.165) is 6.54 Å². The van der Waals surface area contributed by atoms with Crippen LogP contribution in [0.3, 0.4) is 0 Å². The first-order valence-electron chi connectivity index (χ1n) is 5.75. The van der Waals surface area contributed by atoms with Gasteiger partial charge in [0, 0.05) is 6.04 Å². The van der Waals surface area contributed by atoms with Gasteiger partial charge in [0.15, 0.2) is 0 Å². The summed E-state index contributed by atoms with van der Waals surface area (Å²) in [6.07, 6.45) is 4.65.